The topological polar surface area (TPSA) is 34.9 Å². The lowest BCUT2D eigenvalue weighted by Crippen LogP contribution is -1.96. The van der Waals surface area contributed by atoms with Gasteiger partial charge in [0.15, 0.2) is 6.29 Å². The molecule has 1 aromatic heterocycles. The normalized spacial score (nSPS) is 10.3. The van der Waals surface area contributed by atoms with Crippen LogP contribution in [0.1, 0.15) is 21.6 Å². The Labute approximate surface area is 88.4 Å². The number of aryl methyl sites for hydroxylation is 2. The summed E-state index contributed by atoms with van der Waals surface area (Å²) in [7, 11) is 0. The predicted octanol–water partition coefficient (Wildman–Crippen LogP) is 2.30. The smallest absolute Gasteiger partial charge is 0.152 e. The maximum atomic E-state index is 10.9. The fourth-order valence-electron chi connectivity index (χ4n) is 1.56. The average molecular weight is 200 g/mol. The quantitative estimate of drug-likeness (QED) is 0.697. The van der Waals surface area contributed by atoms with Crippen molar-refractivity contribution in [3.63, 3.8) is 0 Å². The Morgan fingerprint density at radius 2 is 2.13 bits per heavy atom. The lowest BCUT2D eigenvalue weighted by Gasteiger charge is -2.05. The first-order chi connectivity index (χ1) is 7.20. The van der Waals surface area contributed by atoms with Gasteiger partial charge in [-0.15, -0.1) is 0 Å². The van der Waals surface area contributed by atoms with Gasteiger partial charge in [-0.2, -0.15) is 0 Å². The molecule has 0 bridgehead atoms. The molecule has 0 saturated heterocycles. The Morgan fingerprint density at radius 1 is 1.33 bits per heavy atom. The third-order valence-corrected chi connectivity index (χ3v) is 2.30. The number of carbonyl (C=O) groups excluding carboxylic acids is 1. The van der Waals surface area contributed by atoms with Crippen LogP contribution >= 0.6 is 0 Å². The van der Waals surface area contributed by atoms with Gasteiger partial charge in [-0.05, 0) is 26.0 Å². The van der Waals surface area contributed by atoms with Crippen LogP contribution in [0.3, 0.4) is 0 Å². The molecule has 0 radical (unpaired) electrons. The van der Waals surface area contributed by atoms with Crippen molar-refractivity contribution < 1.29 is 4.79 Å². The number of nitrogens with zero attached hydrogens (tertiary/aromatic N) is 2. The van der Waals surface area contributed by atoms with Crippen molar-refractivity contribution in [2.24, 2.45) is 0 Å². The number of carbonyl (C=O) groups is 1. The van der Waals surface area contributed by atoms with E-state index >= 15 is 0 Å². The fraction of sp³-hybridized carbons (Fsp3) is 0.167. The lowest BCUT2D eigenvalue weighted by molar-refractivity contribution is 0.112. The van der Waals surface area contributed by atoms with E-state index in [1.165, 1.54) is 0 Å². The van der Waals surface area contributed by atoms with Crippen LogP contribution in [-0.2, 0) is 0 Å². The third kappa shape index (κ3) is 1.81. The fourth-order valence-corrected chi connectivity index (χ4v) is 1.56. The van der Waals surface area contributed by atoms with Gasteiger partial charge < -0.3 is 4.57 Å². The summed E-state index contributed by atoms with van der Waals surface area (Å²) in [5.74, 6) is 0. The second-order valence-electron chi connectivity index (χ2n) is 3.60. The monoisotopic (exact) mass is 200 g/mol. The van der Waals surface area contributed by atoms with Crippen molar-refractivity contribution in [2.45, 2.75) is 13.8 Å². The summed E-state index contributed by atoms with van der Waals surface area (Å²) in [6.45, 7) is 3.89. The predicted molar refractivity (Wildman–Crippen MR) is 58.4 cm³/mol. The minimum Gasteiger partial charge on any atom is -0.305 e. The molecule has 2 rings (SSSR count). The average Bonchev–Trinajstić information content (AvgIpc) is 2.64. The van der Waals surface area contributed by atoms with E-state index in [1.54, 1.807) is 6.33 Å². The van der Waals surface area contributed by atoms with Crippen molar-refractivity contribution in [1.29, 1.82) is 0 Å². The number of hydrogen-bond donors (Lipinski definition) is 0. The number of aldehydes is 1. The highest BCUT2D eigenvalue weighted by Crippen LogP contribution is 2.15. The summed E-state index contributed by atoms with van der Waals surface area (Å²) in [4.78, 5) is 15.1. The zero-order chi connectivity index (χ0) is 10.8. The largest absolute Gasteiger partial charge is 0.305 e. The Balaban J connectivity index is 2.57. The number of hydrogen-bond acceptors (Lipinski definition) is 2. The first-order valence-corrected chi connectivity index (χ1v) is 4.77. The maximum Gasteiger partial charge on any atom is 0.152 e. The van der Waals surface area contributed by atoms with Gasteiger partial charge in [-0.3, -0.25) is 4.79 Å². The van der Waals surface area contributed by atoms with Crippen molar-refractivity contribution in [2.75, 3.05) is 0 Å². The first-order valence-electron chi connectivity index (χ1n) is 4.77. The first kappa shape index (κ1) is 9.65. The number of aromatic nitrogens is 2. The molecule has 0 saturated carbocycles. The Morgan fingerprint density at radius 3 is 2.73 bits per heavy atom. The van der Waals surface area contributed by atoms with Crippen molar-refractivity contribution in [3.05, 3.63) is 47.5 Å². The molecule has 3 heteroatoms. The van der Waals surface area contributed by atoms with E-state index in [9.17, 15) is 4.79 Å². The summed E-state index contributed by atoms with van der Waals surface area (Å²) >= 11 is 0. The van der Waals surface area contributed by atoms with E-state index in [2.05, 4.69) is 4.98 Å². The standard InChI is InChI=1S/C12H12N2O/c1-9-3-4-12(11(5-9)7-15)14-6-10(2)13-8-14/h3-8H,1-2H3. The highest BCUT2D eigenvalue weighted by atomic mass is 16.1. The molecule has 0 fully saturated rings. The van der Waals surface area contributed by atoms with Crippen LogP contribution in [0.2, 0.25) is 0 Å². The Bertz CT molecular complexity index is 500. The second-order valence-corrected chi connectivity index (χ2v) is 3.60. The molecule has 0 unspecified atom stereocenters. The Kier molecular flexibility index (Phi) is 2.37. The van der Waals surface area contributed by atoms with E-state index in [-0.39, 0.29) is 0 Å². The molecule has 1 aromatic carbocycles. The molecular formula is C12H12N2O. The summed E-state index contributed by atoms with van der Waals surface area (Å²) in [5, 5.41) is 0. The Hall–Kier alpha value is -1.90. The maximum absolute atomic E-state index is 10.9. The highest BCUT2D eigenvalue weighted by molar-refractivity contribution is 5.81. The summed E-state index contributed by atoms with van der Waals surface area (Å²) in [6, 6.07) is 5.79. The summed E-state index contributed by atoms with van der Waals surface area (Å²) in [6.07, 6.45) is 4.49. The van der Waals surface area contributed by atoms with Gasteiger partial charge in [0.25, 0.3) is 0 Å². The van der Waals surface area contributed by atoms with Crippen molar-refractivity contribution >= 4 is 6.29 Å². The van der Waals surface area contributed by atoms with Crippen LogP contribution in [0.15, 0.2) is 30.7 Å². The van der Waals surface area contributed by atoms with Gasteiger partial charge in [0, 0.05) is 11.8 Å². The van der Waals surface area contributed by atoms with E-state index in [0.29, 0.717) is 5.56 Å². The van der Waals surface area contributed by atoms with Gasteiger partial charge in [0.2, 0.25) is 0 Å². The molecule has 1 heterocycles. The van der Waals surface area contributed by atoms with Crippen molar-refractivity contribution in [1.82, 2.24) is 9.55 Å². The lowest BCUT2D eigenvalue weighted by atomic mass is 10.1. The zero-order valence-corrected chi connectivity index (χ0v) is 8.77. The number of rotatable bonds is 2. The van der Waals surface area contributed by atoms with Gasteiger partial charge in [-0.25, -0.2) is 4.98 Å². The number of benzene rings is 1. The minimum absolute atomic E-state index is 0.687. The van der Waals surface area contributed by atoms with Crippen LogP contribution in [0.25, 0.3) is 5.69 Å². The molecule has 0 spiro atoms. The molecule has 3 nitrogen and oxygen atoms in total. The van der Waals surface area contributed by atoms with E-state index < -0.39 is 0 Å². The van der Waals surface area contributed by atoms with E-state index in [4.69, 9.17) is 0 Å². The zero-order valence-electron chi connectivity index (χ0n) is 8.77. The SMILES string of the molecule is Cc1ccc(-n2cnc(C)c2)c(C=O)c1. The molecule has 0 aliphatic carbocycles. The molecule has 76 valence electrons. The molecule has 15 heavy (non-hydrogen) atoms. The summed E-state index contributed by atoms with van der Waals surface area (Å²) in [5.41, 5.74) is 3.58. The molecule has 0 aliphatic heterocycles. The highest BCUT2D eigenvalue weighted by Gasteiger charge is 2.04. The molecule has 0 aliphatic rings. The molecule has 0 N–H and O–H groups in total. The number of imidazole rings is 1. The van der Waals surface area contributed by atoms with Gasteiger partial charge in [0.05, 0.1) is 17.7 Å². The summed E-state index contributed by atoms with van der Waals surface area (Å²) < 4.78 is 1.86. The minimum atomic E-state index is 0.687. The van der Waals surface area contributed by atoms with E-state index in [0.717, 1.165) is 23.2 Å². The molecule has 0 atom stereocenters. The third-order valence-electron chi connectivity index (χ3n) is 2.30. The van der Waals surface area contributed by atoms with Crippen LogP contribution in [0.4, 0.5) is 0 Å². The van der Waals surface area contributed by atoms with Crippen LogP contribution in [0, 0.1) is 13.8 Å². The van der Waals surface area contributed by atoms with Gasteiger partial charge in [0.1, 0.15) is 0 Å². The van der Waals surface area contributed by atoms with Gasteiger partial charge >= 0.3 is 0 Å². The molecule has 2 aromatic rings. The molecular weight excluding hydrogens is 188 g/mol. The van der Waals surface area contributed by atoms with Crippen LogP contribution < -0.4 is 0 Å². The second kappa shape index (κ2) is 3.69. The van der Waals surface area contributed by atoms with Gasteiger partial charge in [-0.1, -0.05) is 11.6 Å². The van der Waals surface area contributed by atoms with Crippen LogP contribution in [-0.4, -0.2) is 15.8 Å². The van der Waals surface area contributed by atoms with Crippen molar-refractivity contribution in [3.8, 4) is 5.69 Å². The molecule has 0 amide bonds. The van der Waals surface area contributed by atoms with Crippen LogP contribution in [0.5, 0.6) is 0 Å². The van der Waals surface area contributed by atoms with E-state index in [1.807, 2.05) is 42.8 Å².